The number of methoxy groups -OCH3 is 1. The topological polar surface area (TPSA) is 80.0 Å². The van der Waals surface area contributed by atoms with E-state index in [4.69, 9.17) is 20.8 Å². The van der Waals surface area contributed by atoms with Gasteiger partial charge in [0.05, 0.1) is 18.2 Å². The van der Waals surface area contributed by atoms with E-state index < -0.39 is 17.7 Å². The number of likely N-dealkylation sites (tertiary alicyclic amines) is 1. The molecule has 1 saturated heterocycles. The van der Waals surface area contributed by atoms with Gasteiger partial charge >= 0.3 is 0 Å². The number of carbonyl (C=O) groups excluding carboxylic acids is 2. The molecule has 1 saturated carbocycles. The Morgan fingerprint density at radius 2 is 1.90 bits per heavy atom. The van der Waals surface area contributed by atoms with Crippen LogP contribution in [0.5, 0.6) is 5.75 Å². The molecule has 2 fully saturated rings. The molecule has 1 atom stereocenters. The van der Waals surface area contributed by atoms with Crippen molar-refractivity contribution < 1.29 is 23.8 Å². The molecule has 6 nitrogen and oxygen atoms in total. The van der Waals surface area contributed by atoms with Crippen molar-refractivity contribution in [2.45, 2.75) is 51.1 Å². The Bertz CT molecular complexity index is 1020. The van der Waals surface area contributed by atoms with E-state index in [1.54, 1.807) is 36.1 Å². The molecule has 30 heavy (non-hydrogen) atoms. The summed E-state index contributed by atoms with van der Waals surface area (Å²) in [4.78, 5) is 27.8. The smallest absolute Gasteiger partial charge is 0.296 e. The second-order valence-electron chi connectivity index (χ2n) is 7.79. The van der Waals surface area contributed by atoms with Gasteiger partial charge in [-0.15, -0.1) is 0 Å². The zero-order valence-corrected chi connectivity index (χ0v) is 17.7. The van der Waals surface area contributed by atoms with E-state index in [9.17, 15) is 14.7 Å². The van der Waals surface area contributed by atoms with Gasteiger partial charge in [-0.2, -0.15) is 0 Å². The van der Waals surface area contributed by atoms with Crippen LogP contribution in [0.25, 0.3) is 5.76 Å². The number of carbonyl (C=O) groups is 2. The van der Waals surface area contributed by atoms with Crippen molar-refractivity contribution in [1.82, 2.24) is 4.90 Å². The maximum Gasteiger partial charge on any atom is 0.296 e. The normalized spacial score (nSPS) is 22.0. The molecule has 1 aliphatic carbocycles. The van der Waals surface area contributed by atoms with Crippen LogP contribution in [-0.4, -0.2) is 34.8 Å². The predicted molar refractivity (Wildman–Crippen MR) is 112 cm³/mol. The van der Waals surface area contributed by atoms with Gasteiger partial charge in [0, 0.05) is 11.1 Å². The number of ketones is 1. The molecule has 2 aliphatic rings. The standard InChI is InChI=1S/C23H24ClNO5/c1-13-8-10-18(30-13)20-19(21(26)16-12-14(24)9-11-17(16)29-2)22(27)23(28)25(20)15-6-4-3-5-7-15/h8-12,15,20,26H,3-7H2,1-2H3/b21-19+. The first kappa shape index (κ1) is 20.5. The van der Waals surface area contributed by atoms with Crippen LogP contribution < -0.4 is 4.74 Å². The van der Waals surface area contributed by atoms with E-state index in [-0.39, 0.29) is 22.9 Å². The number of Topliss-reactive ketones (excluding diaryl/α,β-unsaturated/α-hetero) is 1. The maximum absolute atomic E-state index is 13.1. The van der Waals surface area contributed by atoms with E-state index in [1.807, 2.05) is 0 Å². The number of amides is 1. The first-order valence-corrected chi connectivity index (χ1v) is 10.5. The fourth-order valence-electron chi connectivity index (χ4n) is 4.48. The van der Waals surface area contributed by atoms with Gasteiger partial charge in [0.2, 0.25) is 0 Å². The Labute approximate surface area is 180 Å². The Hall–Kier alpha value is -2.73. The summed E-state index contributed by atoms with van der Waals surface area (Å²) in [7, 11) is 1.47. The number of aryl methyl sites for hydroxylation is 1. The minimum Gasteiger partial charge on any atom is -0.507 e. The zero-order chi connectivity index (χ0) is 21.4. The van der Waals surface area contributed by atoms with Gasteiger partial charge in [0.25, 0.3) is 11.7 Å². The van der Waals surface area contributed by atoms with Crippen molar-refractivity contribution in [2.75, 3.05) is 7.11 Å². The van der Waals surface area contributed by atoms with Crippen LogP contribution in [-0.2, 0) is 9.59 Å². The van der Waals surface area contributed by atoms with Crippen LogP contribution in [0, 0.1) is 6.92 Å². The molecular weight excluding hydrogens is 406 g/mol. The van der Waals surface area contributed by atoms with Crippen molar-refractivity contribution in [3.8, 4) is 5.75 Å². The molecule has 7 heteroatoms. The highest BCUT2D eigenvalue weighted by atomic mass is 35.5. The molecule has 158 valence electrons. The van der Waals surface area contributed by atoms with E-state index in [1.165, 1.54) is 13.2 Å². The fraction of sp³-hybridized carbons (Fsp3) is 0.391. The van der Waals surface area contributed by atoms with Crippen molar-refractivity contribution in [3.05, 3.63) is 58.0 Å². The zero-order valence-electron chi connectivity index (χ0n) is 17.0. The quantitative estimate of drug-likeness (QED) is 0.420. The van der Waals surface area contributed by atoms with E-state index in [0.29, 0.717) is 22.3 Å². The third-order valence-electron chi connectivity index (χ3n) is 5.90. The van der Waals surface area contributed by atoms with E-state index in [0.717, 1.165) is 32.1 Å². The van der Waals surface area contributed by atoms with Gasteiger partial charge in [0.15, 0.2) is 0 Å². The lowest BCUT2D eigenvalue weighted by molar-refractivity contribution is -0.142. The number of rotatable bonds is 4. The van der Waals surface area contributed by atoms with E-state index in [2.05, 4.69) is 0 Å². The number of benzene rings is 1. The molecule has 1 aromatic heterocycles. The van der Waals surface area contributed by atoms with Gasteiger partial charge in [-0.25, -0.2) is 0 Å². The third kappa shape index (κ3) is 3.49. The summed E-state index contributed by atoms with van der Waals surface area (Å²) in [6.07, 6.45) is 4.76. The average molecular weight is 430 g/mol. The first-order chi connectivity index (χ1) is 14.4. The number of ether oxygens (including phenoxy) is 1. The summed E-state index contributed by atoms with van der Waals surface area (Å²) in [5.74, 6) is -0.165. The minimum atomic E-state index is -0.787. The molecule has 1 amide bonds. The Balaban J connectivity index is 1.90. The lowest BCUT2D eigenvalue weighted by Crippen LogP contribution is -2.40. The van der Waals surface area contributed by atoms with Crippen LogP contribution in [0.2, 0.25) is 5.02 Å². The number of halogens is 1. The third-order valence-corrected chi connectivity index (χ3v) is 6.13. The molecule has 0 radical (unpaired) electrons. The Kier molecular flexibility index (Phi) is 5.60. The average Bonchev–Trinajstić information content (AvgIpc) is 3.29. The lowest BCUT2D eigenvalue weighted by Gasteiger charge is -2.34. The molecule has 0 spiro atoms. The summed E-state index contributed by atoms with van der Waals surface area (Å²) in [6, 6.07) is 7.45. The fourth-order valence-corrected chi connectivity index (χ4v) is 4.65. The van der Waals surface area contributed by atoms with Crippen LogP contribution >= 0.6 is 11.6 Å². The van der Waals surface area contributed by atoms with Gasteiger partial charge in [-0.05, 0) is 50.1 Å². The number of nitrogens with zero attached hydrogens (tertiary/aromatic N) is 1. The second kappa shape index (κ2) is 8.19. The SMILES string of the molecule is COc1ccc(Cl)cc1/C(O)=C1\C(=O)C(=O)N(C2CCCCC2)C1c1ccc(C)o1. The molecule has 2 heterocycles. The monoisotopic (exact) mass is 429 g/mol. The maximum atomic E-state index is 13.1. The van der Waals surface area contributed by atoms with Crippen LogP contribution in [0.4, 0.5) is 0 Å². The van der Waals surface area contributed by atoms with Gasteiger partial charge < -0.3 is 19.2 Å². The predicted octanol–water partition coefficient (Wildman–Crippen LogP) is 5.00. The largest absolute Gasteiger partial charge is 0.507 e. The molecule has 4 rings (SSSR count). The number of hydrogen-bond acceptors (Lipinski definition) is 5. The molecule has 1 N–H and O–H groups in total. The van der Waals surface area contributed by atoms with E-state index >= 15 is 0 Å². The minimum absolute atomic E-state index is 0.000454. The molecule has 2 aromatic rings. The lowest BCUT2D eigenvalue weighted by atomic mass is 9.92. The van der Waals surface area contributed by atoms with Gasteiger partial charge in [0.1, 0.15) is 29.1 Å². The number of hydrogen-bond donors (Lipinski definition) is 1. The van der Waals surface area contributed by atoms with Gasteiger partial charge in [-0.1, -0.05) is 30.9 Å². The highest BCUT2D eigenvalue weighted by molar-refractivity contribution is 6.46. The van der Waals surface area contributed by atoms with Crippen molar-refractivity contribution in [3.63, 3.8) is 0 Å². The van der Waals surface area contributed by atoms with Gasteiger partial charge in [-0.3, -0.25) is 9.59 Å². The summed E-state index contributed by atoms with van der Waals surface area (Å²) in [6.45, 7) is 1.80. The van der Waals surface area contributed by atoms with Crippen molar-refractivity contribution in [1.29, 1.82) is 0 Å². The van der Waals surface area contributed by atoms with Crippen molar-refractivity contribution in [2.24, 2.45) is 0 Å². The Morgan fingerprint density at radius 1 is 1.17 bits per heavy atom. The second-order valence-corrected chi connectivity index (χ2v) is 8.23. The summed E-state index contributed by atoms with van der Waals surface area (Å²) >= 11 is 6.13. The molecule has 1 unspecified atom stereocenters. The number of aliphatic hydroxyl groups is 1. The first-order valence-electron chi connectivity index (χ1n) is 10.1. The molecule has 0 bridgehead atoms. The van der Waals surface area contributed by atoms with Crippen LogP contribution in [0.3, 0.4) is 0 Å². The molecule has 1 aliphatic heterocycles. The summed E-state index contributed by atoms with van der Waals surface area (Å²) in [5.41, 5.74) is 0.264. The number of furan rings is 1. The molecular formula is C23H24ClNO5. The Morgan fingerprint density at radius 3 is 2.53 bits per heavy atom. The summed E-state index contributed by atoms with van der Waals surface area (Å²) < 4.78 is 11.2. The molecule has 1 aromatic carbocycles. The van der Waals surface area contributed by atoms with Crippen molar-refractivity contribution >= 4 is 29.1 Å². The number of aliphatic hydroxyl groups excluding tert-OH is 1. The van der Waals surface area contributed by atoms with Crippen LogP contribution in [0.1, 0.15) is 55.2 Å². The highest BCUT2D eigenvalue weighted by Gasteiger charge is 2.50. The summed E-state index contributed by atoms with van der Waals surface area (Å²) in [5, 5.41) is 11.6. The van der Waals surface area contributed by atoms with Crippen LogP contribution in [0.15, 0.2) is 40.3 Å². The highest BCUT2D eigenvalue weighted by Crippen LogP contribution is 2.44.